The Balaban J connectivity index is 3.14. The van der Waals surface area contributed by atoms with Gasteiger partial charge in [-0.2, -0.15) is 4.99 Å². The normalized spacial score (nSPS) is 8.40. The highest BCUT2D eigenvalue weighted by molar-refractivity contribution is 5.57. The van der Waals surface area contributed by atoms with Gasteiger partial charge in [-0.3, -0.25) is 0 Å². The molecule has 2 N–H and O–H groups in total. The zero-order valence-electron chi connectivity index (χ0n) is 5.20. The van der Waals surface area contributed by atoms with Crippen molar-refractivity contribution >= 4 is 11.7 Å². The van der Waals surface area contributed by atoms with Crippen LogP contribution in [0.2, 0.25) is 0 Å². The van der Waals surface area contributed by atoms with Crippen molar-refractivity contribution < 1.29 is 5.11 Å². The average molecular weight is 134 g/mol. The van der Waals surface area contributed by atoms with Crippen LogP contribution in [0.15, 0.2) is 29.3 Å². The Hall–Kier alpha value is -1.60. The summed E-state index contributed by atoms with van der Waals surface area (Å²) in [5.41, 5.74) is 0.373. The molecular weight excluding hydrogens is 128 g/mol. The highest BCUT2D eigenvalue weighted by Crippen LogP contribution is 2.23. The molecule has 0 amide bonds. The zero-order chi connectivity index (χ0) is 7.40. The summed E-state index contributed by atoms with van der Waals surface area (Å²) in [7, 11) is 0. The molecular formula is C7H6N2O. The van der Waals surface area contributed by atoms with Crippen molar-refractivity contribution in [3.8, 4) is 5.75 Å². The summed E-state index contributed by atoms with van der Waals surface area (Å²) in [6.07, 6.45) is 0. The van der Waals surface area contributed by atoms with Gasteiger partial charge in [0.05, 0.1) is 6.01 Å². The van der Waals surface area contributed by atoms with Crippen LogP contribution in [0.3, 0.4) is 0 Å². The summed E-state index contributed by atoms with van der Waals surface area (Å²) in [6, 6.07) is 8.38. The van der Waals surface area contributed by atoms with Gasteiger partial charge in [0.2, 0.25) is 0 Å². The smallest absolute Gasteiger partial charge is 0.142 e. The van der Waals surface area contributed by atoms with Crippen LogP contribution in [0.5, 0.6) is 5.75 Å². The summed E-state index contributed by atoms with van der Waals surface area (Å²) in [4.78, 5) is 3.47. The number of nitrogens with one attached hydrogen (secondary N) is 1. The minimum absolute atomic E-state index is 0.0715. The van der Waals surface area contributed by atoms with Gasteiger partial charge in [-0.05, 0) is 12.1 Å². The Morgan fingerprint density at radius 1 is 1.40 bits per heavy atom. The number of phenols is 1. The van der Waals surface area contributed by atoms with Crippen molar-refractivity contribution in [2.75, 3.05) is 0 Å². The van der Waals surface area contributed by atoms with Gasteiger partial charge in [0, 0.05) is 0 Å². The second-order valence-corrected chi connectivity index (χ2v) is 1.71. The molecule has 0 bridgehead atoms. The van der Waals surface area contributed by atoms with Crippen molar-refractivity contribution in [2.24, 2.45) is 4.99 Å². The van der Waals surface area contributed by atoms with Crippen molar-refractivity contribution in [1.82, 2.24) is 0 Å². The van der Waals surface area contributed by atoms with E-state index in [1.165, 1.54) is 6.07 Å². The molecule has 0 aliphatic carbocycles. The maximum atomic E-state index is 9.02. The number of hydrogen-bond acceptors (Lipinski definition) is 3. The lowest BCUT2D eigenvalue weighted by atomic mass is 10.3. The quantitative estimate of drug-likeness (QED) is 0.565. The van der Waals surface area contributed by atoms with Crippen molar-refractivity contribution in [2.45, 2.75) is 0 Å². The Labute approximate surface area is 58.2 Å². The third kappa shape index (κ3) is 1.21. The predicted octanol–water partition coefficient (Wildman–Crippen LogP) is 1.78. The van der Waals surface area contributed by atoms with Crippen LogP contribution in [-0.2, 0) is 0 Å². The lowest BCUT2D eigenvalue weighted by molar-refractivity contribution is 0.477. The van der Waals surface area contributed by atoms with E-state index in [9.17, 15) is 0 Å². The summed E-state index contributed by atoms with van der Waals surface area (Å²) in [5, 5.41) is 15.5. The van der Waals surface area contributed by atoms with Crippen LogP contribution < -0.4 is 0 Å². The second kappa shape index (κ2) is 2.80. The molecule has 0 saturated carbocycles. The lowest BCUT2D eigenvalue weighted by Crippen LogP contribution is -1.64. The highest BCUT2D eigenvalue weighted by atomic mass is 16.3. The third-order valence-electron chi connectivity index (χ3n) is 1.06. The van der Waals surface area contributed by atoms with E-state index >= 15 is 0 Å². The molecule has 1 aromatic carbocycles. The topological polar surface area (TPSA) is 56.4 Å². The van der Waals surface area contributed by atoms with Crippen molar-refractivity contribution in [3.05, 3.63) is 24.3 Å². The molecule has 0 radical (unpaired) electrons. The van der Waals surface area contributed by atoms with E-state index in [1.807, 2.05) is 6.01 Å². The standard InChI is InChI=1S/C7H6N2O/c8-5-9-6-3-1-2-4-7(6)10/h1-4,8,10H. The van der Waals surface area contributed by atoms with Crippen LogP contribution in [0.4, 0.5) is 5.69 Å². The number of aromatic hydroxyl groups is 1. The molecule has 0 heterocycles. The van der Waals surface area contributed by atoms with E-state index in [0.717, 1.165) is 0 Å². The molecule has 0 aliphatic rings. The molecule has 1 aromatic rings. The molecule has 0 spiro atoms. The van der Waals surface area contributed by atoms with Crippen LogP contribution in [0, 0.1) is 5.41 Å². The minimum atomic E-state index is 0.0715. The molecule has 3 nitrogen and oxygen atoms in total. The third-order valence-corrected chi connectivity index (χ3v) is 1.06. The van der Waals surface area contributed by atoms with Gasteiger partial charge in [-0.15, -0.1) is 0 Å². The SMILES string of the molecule is N=C=Nc1ccccc1O. The molecule has 0 atom stereocenters. The van der Waals surface area contributed by atoms with Gasteiger partial charge in [-0.25, -0.2) is 5.41 Å². The zero-order valence-corrected chi connectivity index (χ0v) is 5.20. The monoisotopic (exact) mass is 134 g/mol. The van der Waals surface area contributed by atoms with Gasteiger partial charge >= 0.3 is 0 Å². The van der Waals surface area contributed by atoms with E-state index in [1.54, 1.807) is 18.2 Å². The fourth-order valence-corrected chi connectivity index (χ4v) is 0.619. The Bertz CT molecular complexity index is 277. The fraction of sp³-hybridized carbons (Fsp3) is 0. The summed E-state index contributed by atoms with van der Waals surface area (Å²) in [6.45, 7) is 0. The first-order valence-corrected chi connectivity index (χ1v) is 2.75. The fourth-order valence-electron chi connectivity index (χ4n) is 0.619. The minimum Gasteiger partial charge on any atom is -0.506 e. The molecule has 3 heteroatoms. The lowest BCUT2D eigenvalue weighted by Gasteiger charge is -1.92. The molecule has 0 aliphatic heterocycles. The average Bonchev–Trinajstić information content (AvgIpc) is 1.94. The first-order valence-electron chi connectivity index (χ1n) is 2.75. The van der Waals surface area contributed by atoms with E-state index < -0.39 is 0 Å². The molecule has 0 fully saturated rings. The molecule has 10 heavy (non-hydrogen) atoms. The highest BCUT2D eigenvalue weighted by Gasteiger charge is 1.92. The Morgan fingerprint density at radius 2 is 2.10 bits per heavy atom. The summed E-state index contributed by atoms with van der Waals surface area (Å²) >= 11 is 0. The van der Waals surface area contributed by atoms with Gasteiger partial charge in [0.15, 0.2) is 0 Å². The number of phenolic OH excluding ortho intramolecular Hbond substituents is 1. The number of hydrogen-bond donors (Lipinski definition) is 2. The predicted molar refractivity (Wildman–Crippen MR) is 37.9 cm³/mol. The van der Waals surface area contributed by atoms with Crippen molar-refractivity contribution in [3.63, 3.8) is 0 Å². The van der Waals surface area contributed by atoms with E-state index in [2.05, 4.69) is 4.99 Å². The van der Waals surface area contributed by atoms with Crippen molar-refractivity contribution in [1.29, 1.82) is 5.41 Å². The summed E-state index contributed by atoms with van der Waals surface area (Å²) < 4.78 is 0. The van der Waals surface area contributed by atoms with Crippen LogP contribution in [0.1, 0.15) is 0 Å². The van der Waals surface area contributed by atoms with Gasteiger partial charge < -0.3 is 5.11 Å². The second-order valence-electron chi connectivity index (χ2n) is 1.71. The Kier molecular flexibility index (Phi) is 1.83. The maximum absolute atomic E-state index is 9.02. The number of para-hydroxylation sites is 2. The molecule has 0 unspecified atom stereocenters. The van der Waals surface area contributed by atoms with Crippen LogP contribution >= 0.6 is 0 Å². The van der Waals surface area contributed by atoms with Gasteiger partial charge in [0.25, 0.3) is 0 Å². The number of aliphatic imine (C=N–C) groups is 1. The molecule has 50 valence electrons. The van der Waals surface area contributed by atoms with Crippen LogP contribution in [-0.4, -0.2) is 11.1 Å². The van der Waals surface area contributed by atoms with E-state index in [-0.39, 0.29) is 5.75 Å². The maximum Gasteiger partial charge on any atom is 0.142 e. The van der Waals surface area contributed by atoms with E-state index in [0.29, 0.717) is 5.69 Å². The molecule has 1 rings (SSSR count). The van der Waals surface area contributed by atoms with Gasteiger partial charge in [-0.1, -0.05) is 12.1 Å². The number of rotatable bonds is 1. The largest absolute Gasteiger partial charge is 0.506 e. The first-order chi connectivity index (χ1) is 4.84. The first kappa shape index (κ1) is 6.52. The number of benzene rings is 1. The molecule has 0 aromatic heterocycles. The Morgan fingerprint density at radius 3 is 2.70 bits per heavy atom. The number of nitrogens with zero attached hydrogens (tertiary/aromatic N) is 1. The molecule has 0 saturated heterocycles. The van der Waals surface area contributed by atoms with E-state index in [4.69, 9.17) is 10.5 Å². The van der Waals surface area contributed by atoms with Gasteiger partial charge in [0.1, 0.15) is 11.4 Å². The van der Waals surface area contributed by atoms with Crippen LogP contribution in [0.25, 0.3) is 0 Å². The summed E-state index contributed by atoms with van der Waals surface area (Å²) in [5.74, 6) is 0.0715.